The van der Waals surface area contributed by atoms with E-state index in [9.17, 15) is 4.79 Å². The van der Waals surface area contributed by atoms with Crippen molar-refractivity contribution in [2.24, 2.45) is 0 Å². The second-order valence-corrected chi connectivity index (χ2v) is 7.17. The van der Waals surface area contributed by atoms with Gasteiger partial charge in [0.2, 0.25) is 11.1 Å². The molecular formula is C18H22N6O2S. The molecule has 3 rings (SSSR count). The molecule has 0 atom stereocenters. The number of tetrazole rings is 1. The number of unbranched alkanes of at least 4 members (excludes halogenated alkanes) is 1. The summed E-state index contributed by atoms with van der Waals surface area (Å²) in [5.74, 6) is 1.50. The molecule has 0 saturated heterocycles. The van der Waals surface area contributed by atoms with Crippen LogP contribution < -0.4 is 5.32 Å². The molecule has 0 spiro atoms. The minimum atomic E-state index is -0.130. The molecule has 0 unspecified atom stereocenters. The van der Waals surface area contributed by atoms with Crippen molar-refractivity contribution in [1.29, 1.82) is 0 Å². The molecule has 8 nitrogen and oxygen atoms in total. The summed E-state index contributed by atoms with van der Waals surface area (Å²) in [5, 5.41) is 19.0. The number of rotatable bonds is 9. The van der Waals surface area contributed by atoms with Crippen LogP contribution in [-0.4, -0.2) is 37.0 Å². The van der Waals surface area contributed by atoms with Gasteiger partial charge >= 0.3 is 0 Å². The molecule has 3 aromatic rings. The van der Waals surface area contributed by atoms with E-state index >= 15 is 0 Å². The van der Waals surface area contributed by atoms with Crippen LogP contribution >= 0.6 is 11.8 Å². The number of thioether (sulfide) groups is 1. The topological polar surface area (TPSA) is 98.7 Å². The van der Waals surface area contributed by atoms with E-state index in [0.717, 1.165) is 12.1 Å². The van der Waals surface area contributed by atoms with Crippen molar-refractivity contribution in [2.75, 3.05) is 11.1 Å². The molecule has 0 fully saturated rings. The third kappa shape index (κ3) is 5.40. The lowest BCUT2D eigenvalue weighted by Crippen LogP contribution is -2.12. The van der Waals surface area contributed by atoms with Crippen LogP contribution in [-0.2, 0) is 11.2 Å². The van der Waals surface area contributed by atoms with Gasteiger partial charge < -0.3 is 9.84 Å². The Morgan fingerprint density at radius 3 is 2.81 bits per heavy atom. The Hall–Kier alpha value is -2.68. The molecule has 27 heavy (non-hydrogen) atoms. The van der Waals surface area contributed by atoms with Gasteiger partial charge in [-0.15, -0.1) is 5.10 Å². The molecule has 2 heterocycles. The molecule has 0 radical (unpaired) electrons. The summed E-state index contributed by atoms with van der Waals surface area (Å²) >= 11 is 1.43. The minimum Gasteiger partial charge on any atom is -0.360 e. The van der Waals surface area contributed by atoms with Crippen molar-refractivity contribution in [3.8, 4) is 5.69 Å². The van der Waals surface area contributed by atoms with Crippen molar-refractivity contribution < 1.29 is 9.32 Å². The Bertz CT molecular complexity index is 874. The zero-order valence-electron chi connectivity index (χ0n) is 15.4. The van der Waals surface area contributed by atoms with Crippen molar-refractivity contribution in [3.63, 3.8) is 0 Å². The van der Waals surface area contributed by atoms with E-state index in [1.807, 2.05) is 12.1 Å². The van der Waals surface area contributed by atoms with Gasteiger partial charge in [-0.05, 0) is 47.9 Å². The number of hydrogen-bond donors (Lipinski definition) is 1. The van der Waals surface area contributed by atoms with E-state index in [4.69, 9.17) is 4.52 Å². The Morgan fingerprint density at radius 2 is 2.11 bits per heavy atom. The predicted molar refractivity (Wildman–Crippen MR) is 103 cm³/mol. The van der Waals surface area contributed by atoms with E-state index in [1.165, 1.54) is 30.2 Å². The molecule has 1 N–H and O–H groups in total. The van der Waals surface area contributed by atoms with Gasteiger partial charge in [-0.25, -0.2) is 0 Å². The van der Waals surface area contributed by atoms with E-state index in [2.05, 4.69) is 45.1 Å². The highest BCUT2D eigenvalue weighted by Crippen LogP contribution is 2.20. The zero-order valence-corrected chi connectivity index (χ0v) is 16.2. The third-order valence-electron chi connectivity index (χ3n) is 3.90. The van der Waals surface area contributed by atoms with Gasteiger partial charge in [-0.3, -0.25) is 4.79 Å². The second kappa shape index (κ2) is 9.31. The Balaban J connectivity index is 1.53. The highest BCUT2D eigenvalue weighted by atomic mass is 32.2. The molecule has 1 aromatic carbocycles. The number of benzene rings is 1. The Labute approximate surface area is 161 Å². The first-order valence-electron chi connectivity index (χ1n) is 8.89. The van der Waals surface area contributed by atoms with E-state index in [-0.39, 0.29) is 5.91 Å². The Morgan fingerprint density at radius 1 is 1.30 bits per heavy atom. The summed E-state index contributed by atoms with van der Waals surface area (Å²) in [7, 11) is 0. The van der Waals surface area contributed by atoms with E-state index < -0.39 is 0 Å². The van der Waals surface area contributed by atoms with Crippen LogP contribution in [0.4, 0.5) is 5.82 Å². The molecule has 1 amide bonds. The normalized spacial score (nSPS) is 10.9. The molecule has 142 valence electrons. The quantitative estimate of drug-likeness (QED) is 0.563. The maximum absolute atomic E-state index is 12.0. The number of anilines is 1. The fourth-order valence-corrected chi connectivity index (χ4v) is 3.31. The molecule has 0 saturated carbocycles. The fourth-order valence-electron chi connectivity index (χ4n) is 2.48. The number of nitrogens with one attached hydrogen (secondary N) is 1. The molecule has 0 aliphatic carbocycles. The van der Waals surface area contributed by atoms with Crippen molar-refractivity contribution >= 4 is 23.5 Å². The van der Waals surface area contributed by atoms with Gasteiger partial charge in [-0.2, -0.15) is 4.68 Å². The number of aromatic nitrogens is 5. The predicted octanol–water partition coefficient (Wildman–Crippen LogP) is 3.42. The summed E-state index contributed by atoms with van der Waals surface area (Å²) < 4.78 is 6.61. The van der Waals surface area contributed by atoms with Crippen molar-refractivity contribution in [3.05, 3.63) is 41.7 Å². The average molecular weight is 386 g/mol. The van der Waals surface area contributed by atoms with Gasteiger partial charge in [0.25, 0.3) is 0 Å². The summed E-state index contributed by atoms with van der Waals surface area (Å²) in [5.41, 5.74) is 2.22. The van der Waals surface area contributed by atoms with Crippen LogP contribution in [0.3, 0.4) is 0 Å². The Kier molecular flexibility index (Phi) is 6.59. The van der Waals surface area contributed by atoms with Crippen LogP contribution in [0.25, 0.3) is 5.69 Å². The highest BCUT2D eigenvalue weighted by molar-refractivity contribution is 7.99. The van der Waals surface area contributed by atoms with Gasteiger partial charge in [0, 0.05) is 18.2 Å². The van der Waals surface area contributed by atoms with Crippen LogP contribution in [0.5, 0.6) is 0 Å². The maximum Gasteiger partial charge on any atom is 0.226 e. The molecule has 0 bridgehead atoms. The lowest BCUT2D eigenvalue weighted by Gasteiger charge is -2.06. The second-order valence-electron chi connectivity index (χ2n) is 6.11. The monoisotopic (exact) mass is 386 g/mol. The van der Waals surface area contributed by atoms with E-state index in [0.29, 0.717) is 28.9 Å². The van der Waals surface area contributed by atoms with E-state index in [1.54, 1.807) is 17.7 Å². The third-order valence-corrected chi connectivity index (χ3v) is 4.82. The first kappa shape index (κ1) is 19.1. The van der Waals surface area contributed by atoms with Crippen LogP contribution in [0.1, 0.15) is 37.5 Å². The SMILES string of the molecule is CCCCc1ccc(-n2nnnc2SCCC(=O)Nc2cc(C)on2)cc1. The van der Waals surface area contributed by atoms with Crippen molar-refractivity contribution in [1.82, 2.24) is 25.4 Å². The maximum atomic E-state index is 12.0. The number of carbonyl (C=O) groups is 1. The summed E-state index contributed by atoms with van der Waals surface area (Å²) in [6.45, 7) is 3.96. The number of hydrogen-bond acceptors (Lipinski definition) is 7. The highest BCUT2D eigenvalue weighted by Gasteiger charge is 2.11. The zero-order chi connectivity index (χ0) is 19.1. The summed E-state index contributed by atoms with van der Waals surface area (Å²) in [4.78, 5) is 12.0. The fraction of sp³-hybridized carbons (Fsp3) is 0.389. The van der Waals surface area contributed by atoms with Crippen LogP contribution in [0, 0.1) is 6.92 Å². The molecular weight excluding hydrogens is 364 g/mol. The van der Waals surface area contributed by atoms with Gasteiger partial charge in [0.15, 0.2) is 5.82 Å². The average Bonchev–Trinajstić information content (AvgIpc) is 3.29. The van der Waals surface area contributed by atoms with Gasteiger partial charge in [-0.1, -0.05) is 42.4 Å². The lowest BCUT2D eigenvalue weighted by atomic mass is 10.1. The van der Waals surface area contributed by atoms with Crippen LogP contribution in [0.15, 0.2) is 40.0 Å². The lowest BCUT2D eigenvalue weighted by molar-refractivity contribution is -0.115. The number of carbonyl (C=O) groups excluding carboxylic acids is 1. The first-order chi connectivity index (χ1) is 13.2. The molecule has 2 aromatic heterocycles. The van der Waals surface area contributed by atoms with Gasteiger partial charge in [0.1, 0.15) is 5.76 Å². The first-order valence-corrected chi connectivity index (χ1v) is 9.88. The molecule has 9 heteroatoms. The molecule has 0 aliphatic heterocycles. The smallest absolute Gasteiger partial charge is 0.226 e. The largest absolute Gasteiger partial charge is 0.360 e. The number of nitrogens with zero attached hydrogens (tertiary/aromatic N) is 5. The minimum absolute atomic E-state index is 0.130. The summed E-state index contributed by atoms with van der Waals surface area (Å²) in [6, 6.07) is 9.93. The van der Waals surface area contributed by atoms with Crippen LogP contribution in [0.2, 0.25) is 0 Å². The number of amides is 1. The number of aryl methyl sites for hydroxylation is 2. The van der Waals surface area contributed by atoms with Crippen molar-refractivity contribution in [2.45, 2.75) is 44.7 Å². The summed E-state index contributed by atoms with van der Waals surface area (Å²) in [6.07, 6.45) is 3.76. The standard InChI is InChI=1S/C18H22N6O2S/c1-3-4-5-14-6-8-15(9-7-14)24-18(20-22-23-24)27-11-10-17(25)19-16-12-13(2)26-21-16/h6-9,12H,3-5,10-11H2,1-2H3,(H,19,21,25). The van der Waals surface area contributed by atoms with Gasteiger partial charge in [0.05, 0.1) is 5.69 Å². The molecule has 0 aliphatic rings.